The summed E-state index contributed by atoms with van der Waals surface area (Å²) in [5.41, 5.74) is 1.15. The molecule has 0 radical (unpaired) electrons. The second-order valence-electron chi connectivity index (χ2n) is 3.20. The van der Waals surface area contributed by atoms with Crippen molar-refractivity contribution in [2.24, 2.45) is 0 Å². The Morgan fingerprint density at radius 1 is 1.07 bits per heavy atom. The molecule has 0 fully saturated rings. The molecule has 15 heavy (non-hydrogen) atoms. The Morgan fingerprint density at radius 2 is 1.87 bits per heavy atom. The molecule has 2 nitrogen and oxygen atoms in total. The van der Waals surface area contributed by atoms with Crippen molar-refractivity contribution in [2.75, 3.05) is 19.8 Å². The summed E-state index contributed by atoms with van der Waals surface area (Å²) >= 11 is 0. The third kappa shape index (κ3) is 5.92. The summed E-state index contributed by atoms with van der Waals surface area (Å²) in [6.07, 6.45) is 4.71. The van der Waals surface area contributed by atoms with Crippen molar-refractivity contribution in [3.63, 3.8) is 0 Å². The third-order valence-electron chi connectivity index (χ3n) is 1.85. The van der Waals surface area contributed by atoms with E-state index in [1.54, 1.807) is 6.26 Å². The van der Waals surface area contributed by atoms with Crippen LogP contribution in [0.15, 0.2) is 36.6 Å². The van der Waals surface area contributed by atoms with Crippen molar-refractivity contribution in [3.8, 4) is 0 Å². The summed E-state index contributed by atoms with van der Waals surface area (Å²) in [4.78, 5) is 0. The van der Waals surface area contributed by atoms with Gasteiger partial charge in [0.25, 0.3) is 0 Å². The molecule has 0 N–H and O–H groups in total. The van der Waals surface area contributed by atoms with Gasteiger partial charge in [0, 0.05) is 6.61 Å². The first-order chi connectivity index (χ1) is 7.43. The lowest BCUT2D eigenvalue weighted by Crippen LogP contribution is -2.01. The zero-order chi connectivity index (χ0) is 10.8. The maximum absolute atomic E-state index is 5.28. The van der Waals surface area contributed by atoms with Gasteiger partial charge in [-0.25, -0.2) is 0 Å². The van der Waals surface area contributed by atoms with E-state index in [0.29, 0.717) is 13.2 Å². The minimum absolute atomic E-state index is 0.614. The van der Waals surface area contributed by atoms with Crippen LogP contribution >= 0.6 is 0 Å². The van der Waals surface area contributed by atoms with Crippen molar-refractivity contribution in [1.82, 2.24) is 0 Å². The quantitative estimate of drug-likeness (QED) is 0.504. The molecule has 0 heterocycles. The highest BCUT2D eigenvalue weighted by molar-refractivity contribution is 5.47. The van der Waals surface area contributed by atoms with Gasteiger partial charge < -0.3 is 9.47 Å². The van der Waals surface area contributed by atoms with Crippen molar-refractivity contribution < 1.29 is 9.47 Å². The Kier molecular flexibility index (Phi) is 6.34. The fourth-order valence-corrected chi connectivity index (χ4v) is 1.11. The van der Waals surface area contributed by atoms with Crippen molar-refractivity contribution in [3.05, 3.63) is 42.2 Å². The fourth-order valence-electron chi connectivity index (χ4n) is 1.11. The first kappa shape index (κ1) is 11.8. The van der Waals surface area contributed by atoms with E-state index >= 15 is 0 Å². The SMILES string of the molecule is CCCOCCOC=Cc1ccccc1. The predicted molar refractivity (Wildman–Crippen MR) is 62.5 cm³/mol. The van der Waals surface area contributed by atoms with Crippen LogP contribution in [-0.4, -0.2) is 19.8 Å². The Morgan fingerprint density at radius 3 is 2.60 bits per heavy atom. The second-order valence-corrected chi connectivity index (χ2v) is 3.20. The third-order valence-corrected chi connectivity index (χ3v) is 1.85. The van der Waals surface area contributed by atoms with Crippen molar-refractivity contribution in [2.45, 2.75) is 13.3 Å². The van der Waals surface area contributed by atoms with E-state index in [4.69, 9.17) is 9.47 Å². The minimum Gasteiger partial charge on any atom is -0.499 e. The molecule has 1 rings (SSSR count). The molecule has 0 saturated heterocycles. The van der Waals surface area contributed by atoms with Gasteiger partial charge in [-0.2, -0.15) is 0 Å². The molecular formula is C13H18O2. The first-order valence-corrected chi connectivity index (χ1v) is 5.34. The van der Waals surface area contributed by atoms with Gasteiger partial charge in [-0.3, -0.25) is 0 Å². The molecule has 1 aromatic carbocycles. The lowest BCUT2D eigenvalue weighted by molar-refractivity contribution is 0.0858. The van der Waals surface area contributed by atoms with Crippen LogP contribution in [0.4, 0.5) is 0 Å². The number of rotatable bonds is 7. The Hall–Kier alpha value is -1.28. The van der Waals surface area contributed by atoms with Crippen LogP contribution in [-0.2, 0) is 9.47 Å². The molecule has 0 aliphatic carbocycles. The predicted octanol–water partition coefficient (Wildman–Crippen LogP) is 3.10. The summed E-state index contributed by atoms with van der Waals surface area (Å²) in [5, 5.41) is 0. The lowest BCUT2D eigenvalue weighted by Gasteiger charge is -2.01. The largest absolute Gasteiger partial charge is 0.499 e. The summed E-state index contributed by atoms with van der Waals surface area (Å²) in [6.45, 7) is 4.18. The molecule has 2 heteroatoms. The van der Waals surface area contributed by atoms with Crippen LogP contribution in [0.3, 0.4) is 0 Å². The molecule has 0 saturated carbocycles. The molecule has 0 aliphatic rings. The van der Waals surface area contributed by atoms with E-state index in [1.807, 2.05) is 36.4 Å². The van der Waals surface area contributed by atoms with Gasteiger partial charge in [0.05, 0.1) is 12.9 Å². The number of ether oxygens (including phenoxy) is 2. The van der Waals surface area contributed by atoms with Crippen LogP contribution in [0.5, 0.6) is 0 Å². The van der Waals surface area contributed by atoms with Crippen LogP contribution in [0.2, 0.25) is 0 Å². The molecule has 0 aromatic heterocycles. The average Bonchev–Trinajstić information content (AvgIpc) is 2.29. The summed E-state index contributed by atoms with van der Waals surface area (Å²) < 4.78 is 10.6. The van der Waals surface area contributed by atoms with Crippen LogP contribution in [0.1, 0.15) is 18.9 Å². The number of benzene rings is 1. The molecule has 82 valence electrons. The summed E-state index contributed by atoms with van der Waals surface area (Å²) in [5.74, 6) is 0. The molecule has 0 unspecified atom stereocenters. The summed E-state index contributed by atoms with van der Waals surface area (Å²) in [6, 6.07) is 10.1. The molecule has 0 spiro atoms. The van der Waals surface area contributed by atoms with Crippen LogP contribution in [0, 0.1) is 0 Å². The Bertz CT molecular complexity index is 267. The molecule has 1 aromatic rings. The van der Waals surface area contributed by atoms with Gasteiger partial charge in [-0.15, -0.1) is 0 Å². The van der Waals surface area contributed by atoms with Gasteiger partial charge in [0.15, 0.2) is 0 Å². The molecule has 0 amide bonds. The van der Waals surface area contributed by atoms with Gasteiger partial charge in [0.1, 0.15) is 6.61 Å². The van der Waals surface area contributed by atoms with E-state index in [-0.39, 0.29) is 0 Å². The van der Waals surface area contributed by atoms with Gasteiger partial charge >= 0.3 is 0 Å². The lowest BCUT2D eigenvalue weighted by atomic mass is 10.2. The molecular weight excluding hydrogens is 188 g/mol. The average molecular weight is 206 g/mol. The zero-order valence-electron chi connectivity index (χ0n) is 9.19. The highest BCUT2D eigenvalue weighted by atomic mass is 16.5. The normalized spacial score (nSPS) is 10.7. The van der Waals surface area contributed by atoms with Gasteiger partial charge in [-0.05, 0) is 18.1 Å². The highest BCUT2D eigenvalue weighted by Gasteiger charge is 1.85. The van der Waals surface area contributed by atoms with E-state index in [9.17, 15) is 0 Å². The van der Waals surface area contributed by atoms with Gasteiger partial charge in [0.2, 0.25) is 0 Å². The van der Waals surface area contributed by atoms with Crippen molar-refractivity contribution >= 4 is 6.08 Å². The van der Waals surface area contributed by atoms with E-state index in [0.717, 1.165) is 18.6 Å². The van der Waals surface area contributed by atoms with Crippen LogP contribution in [0.25, 0.3) is 6.08 Å². The Labute approximate surface area is 91.5 Å². The number of hydrogen-bond acceptors (Lipinski definition) is 2. The maximum Gasteiger partial charge on any atom is 0.111 e. The molecule has 0 aliphatic heterocycles. The standard InChI is InChI=1S/C13H18O2/c1-2-9-14-11-12-15-10-8-13-6-4-3-5-7-13/h3-8,10H,2,9,11-12H2,1H3. The van der Waals surface area contributed by atoms with E-state index in [1.165, 1.54) is 0 Å². The molecule has 0 bridgehead atoms. The van der Waals surface area contributed by atoms with E-state index in [2.05, 4.69) is 6.92 Å². The maximum atomic E-state index is 5.28. The smallest absolute Gasteiger partial charge is 0.111 e. The highest BCUT2D eigenvalue weighted by Crippen LogP contribution is 2.00. The monoisotopic (exact) mass is 206 g/mol. The first-order valence-electron chi connectivity index (χ1n) is 5.34. The number of hydrogen-bond donors (Lipinski definition) is 0. The molecule has 0 atom stereocenters. The second kappa shape index (κ2) is 8.06. The van der Waals surface area contributed by atoms with Gasteiger partial charge in [-0.1, -0.05) is 37.3 Å². The summed E-state index contributed by atoms with van der Waals surface area (Å²) in [7, 11) is 0. The Balaban J connectivity index is 2.07. The fraction of sp³-hybridized carbons (Fsp3) is 0.385. The van der Waals surface area contributed by atoms with Crippen LogP contribution < -0.4 is 0 Å². The van der Waals surface area contributed by atoms with E-state index < -0.39 is 0 Å². The van der Waals surface area contributed by atoms with Crippen molar-refractivity contribution in [1.29, 1.82) is 0 Å². The minimum atomic E-state index is 0.614. The zero-order valence-corrected chi connectivity index (χ0v) is 9.19. The topological polar surface area (TPSA) is 18.5 Å².